The molecule has 15 heavy (non-hydrogen) atoms. The molecule has 0 atom stereocenters. The van der Waals surface area contributed by atoms with Gasteiger partial charge in [-0.1, -0.05) is 11.6 Å². The molecule has 0 N–H and O–H groups in total. The van der Waals surface area contributed by atoms with E-state index in [9.17, 15) is 14.9 Å². The smallest absolute Gasteiger partial charge is 0.344 e. The molecule has 0 aliphatic carbocycles. The van der Waals surface area contributed by atoms with Crippen LogP contribution in [0.1, 0.15) is 10.4 Å². The monoisotopic (exact) mass is 293 g/mol. The number of rotatable bonds is 2. The van der Waals surface area contributed by atoms with Gasteiger partial charge in [0.25, 0.3) is 5.69 Å². The van der Waals surface area contributed by atoms with Crippen molar-refractivity contribution in [1.29, 1.82) is 0 Å². The number of benzene rings is 1. The Labute approximate surface area is 98.3 Å². The maximum atomic E-state index is 11.2. The molecule has 80 valence electrons. The number of hydrogen-bond donors (Lipinski definition) is 0. The minimum Gasteiger partial charge on any atom is -0.465 e. The molecule has 0 radical (unpaired) electrons. The number of carbonyl (C=O) groups is 1. The molecule has 0 aliphatic rings. The minimum atomic E-state index is -0.779. The van der Waals surface area contributed by atoms with Crippen molar-refractivity contribution in [3.8, 4) is 0 Å². The van der Waals surface area contributed by atoms with Crippen LogP contribution in [0, 0.1) is 10.1 Å². The number of esters is 1. The van der Waals surface area contributed by atoms with Crippen LogP contribution in [0.5, 0.6) is 0 Å². The van der Waals surface area contributed by atoms with Gasteiger partial charge in [-0.3, -0.25) is 10.1 Å². The third kappa shape index (κ3) is 2.27. The van der Waals surface area contributed by atoms with Crippen molar-refractivity contribution in [3.63, 3.8) is 0 Å². The normalized spacial score (nSPS) is 9.80. The highest BCUT2D eigenvalue weighted by Crippen LogP contribution is 2.35. The lowest BCUT2D eigenvalue weighted by Crippen LogP contribution is -2.06. The van der Waals surface area contributed by atoms with Gasteiger partial charge in [-0.05, 0) is 28.1 Å². The Kier molecular flexibility index (Phi) is 3.65. The zero-order chi connectivity index (χ0) is 11.6. The molecular formula is C8H5BrClNO4. The first-order valence-electron chi connectivity index (χ1n) is 3.69. The van der Waals surface area contributed by atoms with Crippen LogP contribution in [-0.2, 0) is 4.74 Å². The van der Waals surface area contributed by atoms with Crippen LogP contribution in [0.15, 0.2) is 16.6 Å². The summed E-state index contributed by atoms with van der Waals surface area (Å²) in [5, 5.41) is 10.9. The van der Waals surface area contributed by atoms with Gasteiger partial charge >= 0.3 is 5.97 Å². The number of nitro benzene ring substituents is 1. The van der Waals surface area contributed by atoms with Gasteiger partial charge in [-0.15, -0.1) is 0 Å². The highest BCUT2D eigenvalue weighted by molar-refractivity contribution is 9.10. The third-order valence-electron chi connectivity index (χ3n) is 1.66. The second-order valence-corrected chi connectivity index (χ2v) is 3.71. The average Bonchev–Trinajstić information content (AvgIpc) is 2.20. The molecular weight excluding hydrogens is 289 g/mol. The Morgan fingerprint density at radius 2 is 2.20 bits per heavy atom. The molecule has 0 spiro atoms. The van der Waals surface area contributed by atoms with E-state index in [1.807, 2.05) is 0 Å². The van der Waals surface area contributed by atoms with Crippen LogP contribution in [0.3, 0.4) is 0 Å². The summed E-state index contributed by atoms with van der Waals surface area (Å²) in [6.07, 6.45) is 0. The van der Waals surface area contributed by atoms with Crippen molar-refractivity contribution in [2.24, 2.45) is 0 Å². The van der Waals surface area contributed by atoms with Crippen molar-refractivity contribution in [1.82, 2.24) is 0 Å². The van der Waals surface area contributed by atoms with Crippen LogP contribution in [0.4, 0.5) is 5.69 Å². The number of halogens is 2. The van der Waals surface area contributed by atoms with Crippen LogP contribution in [0.2, 0.25) is 5.02 Å². The summed E-state index contributed by atoms with van der Waals surface area (Å²) < 4.78 is 4.48. The molecule has 0 fully saturated rings. The van der Waals surface area contributed by atoms with E-state index in [-0.39, 0.29) is 15.1 Å². The Morgan fingerprint density at radius 1 is 1.60 bits per heavy atom. The molecule has 1 aromatic carbocycles. The lowest BCUT2D eigenvalue weighted by atomic mass is 10.2. The molecule has 1 aromatic rings. The van der Waals surface area contributed by atoms with Gasteiger partial charge in [0.15, 0.2) is 0 Å². The first kappa shape index (κ1) is 11.9. The Morgan fingerprint density at radius 3 is 2.67 bits per heavy atom. The molecule has 0 aliphatic heterocycles. The van der Waals surface area contributed by atoms with E-state index < -0.39 is 16.6 Å². The molecule has 0 amide bonds. The zero-order valence-electron chi connectivity index (χ0n) is 7.49. The second-order valence-electron chi connectivity index (χ2n) is 2.51. The van der Waals surface area contributed by atoms with E-state index >= 15 is 0 Å². The molecule has 7 heteroatoms. The van der Waals surface area contributed by atoms with Crippen molar-refractivity contribution in [3.05, 3.63) is 37.3 Å². The van der Waals surface area contributed by atoms with Crippen LogP contribution < -0.4 is 0 Å². The summed E-state index contributed by atoms with van der Waals surface area (Å²) in [5.74, 6) is -0.779. The van der Waals surface area contributed by atoms with E-state index in [2.05, 4.69) is 20.7 Å². The maximum absolute atomic E-state index is 11.2. The molecule has 0 saturated carbocycles. The summed E-state index contributed by atoms with van der Waals surface area (Å²) in [7, 11) is 1.15. The minimum absolute atomic E-state index is 0.0667. The quantitative estimate of drug-likeness (QED) is 0.478. The van der Waals surface area contributed by atoms with Crippen molar-refractivity contribution in [2.45, 2.75) is 0 Å². The standard InChI is InChI=1S/C8H5BrClNO4/c1-15-8(12)4-2-3-5(10)6(9)7(4)11(13)14/h2-3H,1H3. The van der Waals surface area contributed by atoms with Crippen molar-refractivity contribution >= 4 is 39.2 Å². The zero-order valence-corrected chi connectivity index (χ0v) is 9.83. The topological polar surface area (TPSA) is 69.4 Å². The molecule has 0 bridgehead atoms. The highest BCUT2D eigenvalue weighted by Gasteiger charge is 2.25. The van der Waals surface area contributed by atoms with Gasteiger partial charge in [-0.2, -0.15) is 0 Å². The van der Waals surface area contributed by atoms with E-state index in [0.717, 1.165) is 7.11 Å². The Hall–Kier alpha value is -1.14. The summed E-state index contributed by atoms with van der Waals surface area (Å²) in [4.78, 5) is 21.2. The number of hydrogen-bond acceptors (Lipinski definition) is 4. The fourth-order valence-electron chi connectivity index (χ4n) is 0.993. The summed E-state index contributed by atoms with van der Waals surface area (Å²) in [6.45, 7) is 0. The summed E-state index contributed by atoms with van der Waals surface area (Å²) in [6, 6.07) is 2.63. The molecule has 0 aromatic heterocycles. The number of nitro groups is 1. The van der Waals surface area contributed by atoms with E-state index in [4.69, 9.17) is 11.6 Å². The average molecular weight is 294 g/mol. The third-order valence-corrected chi connectivity index (χ3v) is 3.00. The fraction of sp³-hybridized carbons (Fsp3) is 0.125. The number of methoxy groups -OCH3 is 1. The number of carbonyl (C=O) groups excluding carboxylic acids is 1. The predicted molar refractivity (Wildman–Crippen MR) is 57.1 cm³/mol. The lowest BCUT2D eigenvalue weighted by Gasteiger charge is -2.03. The summed E-state index contributed by atoms with van der Waals surface area (Å²) in [5.41, 5.74) is -0.534. The number of ether oxygens (including phenoxy) is 1. The molecule has 5 nitrogen and oxygen atoms in total. The van der Waals surface area contributed by atoms with E-state index in [0.29, 0.717) is 0 Å². The second kappa shape index (κ2) is 4.59. The van der Waals surface area contributed by atoms with E-state index in [1.165, 1.54) is 12.1 Å². The SMILES string of the molecule is COC(=O)c1ccc(Cl)c(Br)c1[N+](=O)[O-]. The molecule has 0 saturated heterocycles. The van der Waals surface area contributed by atoms with E-state index in [1.54, 1.807) is 0 Å². The largest absolute Gasteiger partial charge is 0.465 e. The van der Waals surface area contributed by atoms with Crippen molar-refractivity contribution in [2.75, 3.05) is 7.11 Å². The number of nitrogens with zero attached hydrogens (tertiary/aromatic N) is 1. The van der Waals surface area contributed by atoms with Crippen LogP contribution in [0.25, 0.3) is 0 Å². The van der Waals surface area contributed by atoms with Gasteiger partial charge in [0, 0.05) is 0 Å². The van der Waals surface area contributed by atoms with Gasteiger partial charge in [0.2, 0.25) is 0 Å². The van der Waals surface area contributed by atoms with Gasteiger partial charge < -0.3 is 4.74 Å². The van der Waals surface area contributed by atoms with Gasteiger partial charge in [-0.25, -0.2) is 4.79 Å². The first-order chi connectivity index (χ1) is 6.99. The molecule has 0 unspecified atom stereocenters. The summed E-state index contributed by atoms with van der Waals surface area (Å²) >= 11 is 8.62. The van der Waals surface area contributed by atoms with Crippen LogP contribution >= 0.6 is 27.5 Å². The molecule has 0 heterocycles. The fourth-order valence-corrected chi connectivity index (χ4v) is 1.64. The maximum Gasteiger partial charge on any atom is 0.344 e. The highest BCUT2D eigenvalue weighted by atomic mass is 79.9. The lowest BCUT2D eigenvalue weighted by molar-refractivity contribution is -0.386. The van der Waals surface area contributed by atoms with Gasteiger partial charge in [0.1, 0.15) is 10.0 Å². The van der Waals surface area contributed by atoms with Crippen LogP contribution in [-0.4, -0.2) is 18.0 Å². The Balaban J connectivity index is 3.46. The molecule has 1 rings (SSSR count). The first-order valence-corrected chi connectivity index (χ1v) is 4.86. The Bertz CT molecular complexity index is 435. The van der Waals surface area contributed by atoms with Crippen molar-refractivity contribution < 1.29 is 14.5 Å². The van der Waals surface area contributed by atoms with Gasteiger partial charge in [0.05, 0.1) is 17.1 Å². The predicted octanol–water partition coefficient (Wildman–Crippen LogP) is 2.80.